The minimum atomic E-state index is -4.41. The Labute approximate surface area is 128 Å². The molecule has 0 fully saturated rings. The van der Waals surface area contributed by atoms with E-state index < -0.39 is 10.4 Å². The van der Waals surface area contributed by atoms with Gasteiger partial charge in [-0.3, -0.25) is 4.18 Å². The highest BCUT2D eigenvalue weighted by atomic mass is 32.3. The summed E-state index contributed by atoms with van der Waals surface area (Å²) in [5.41, 5.74) is 5.62. The maximum atomic E-state index is 9.22. The van der Waals surface area contributed by atoms with Crippen molar-refractivity contribution in [3.05, 3.63) is 48.0 Å². The highest BCUT2D eigenvalue weighted by Crippen LogP contribution is 2.16. The van der Waals surface area contributed by atoms with Crippen LogP contribution in [0.5, 0.6) is 0 Å². The first-order valence-electron chi connectivity index (χ1n) is 6.65. The van der Waals surface area contributed by atoms with E-state index in [1.165, 1.54) is 5.56 Å². The number of aromatic nitrogens is 2. The summed E-state index contributed by atoms with van der Waals surface area (Å²) in [4.78, 5) is 8.12. The zero-order valence-electron chi connectivity index (χ0n) is 12.2. The molecule has 0 aliphatic carbocycles. The summed E-state index contributed by atoms with van der Waals surface area (Å²) < 4.78 is 31.0. The first-order chi connectivity index (χ1) is 10.4. The molecule has 2 aromatic carbocycles. The molecule has 1 heterocycles. The minimum absolute atomic E-state index is 0.808. The van der Waals surface area contributed by atoms with Crippen LogP contribution in [0.25, 0.3) is 22.1 Å². The molecule has 0 unspecified atom stereocenters. The van der Waals surface area contributed by atoms with Gasteiger partial charge in [-0.2, -0.15) is 0 Å². The van der Waals surface area contributed by atoms with Gasteiger partial charge in [0, 0.05) is 11.6 Å². The molecule has 0 radical (unpaired) electrons. The normalized spacial score (nSPS) is 11.2. The van der Waals surface area contributed by atoms with Crippen molar-refractivity contribution in [3.8, 4) is 0 Å². The molecule has 3 rings (SSSR count). The van der Waals surface area contributed by atoms with Crippen molar-refractivity contribution in [3.63, 3.8) is 0 Å². The maximum absolute atomic E-state index is 9.22. The number of fused-ring (bicyclic) bond motifs is 2. The third kappa shape index (κ3) is 3.97. The van der Waals surface area contributed by atoms with Gasteiger partial charge in [-0.25, -0.2) is 18.4 Å². The summed E-state index contributed by atoms with van der Waals surface area (Å²) in [6.45, 7) is 2.16. The number of nitrogens with one attached hydrogen (secondary N) is 1. The molecule has 116 valence electrons. The van der Waals surface area contributed by atoms with Crippen molar-refractivity contribution in [1.82, 2.24) is 4.98 Å². The maximum Gasteiger partial charge on any atom is 0.233 e. The van der Waals surface area contributed by atoms with E-state index in [1.807, 2.05) is 18.2 Å². The fraction of sp³-hybridized carbons (Fsp3) is 0.200. The SMILES string of the molecule is CCc1cccc2nc3ccccc3[nH+]c12.COS(=O)(=O)[O-]. The number of rotatable bonds is 2. The predicted molar refractivity (Wildman–Crippen MR) is 81.9 cm³/mol. The topological polar surface area (TPSA) is 93.5 Å². The summed E-state index contributed by atoms with van der Waals surface area (Å²) in [5, 5.41) is 0. The summed E-state index contributed by atoms with van der Waals surface area (Å²) in [6, 6.07) is 14.4. The van der Waals surface area contributed by atoms with Gasteiger partial charge < -0.3 is 4.55 Å². The molecular weight excluding hydrogens is 304 g/mol. The van der Waals surface area contributed by atoms with Gasteiger partial charge in [0.2, 0.25) is 21.4 Å². The highest BCUT2D eigenvalue weighted by molar-refractivity contribution is 7.80. The van der Waals surface area contributed by atoms with Crippen LogP contribution in [0.15, 0.2) is 42.5 Å². The summed E-state index contributed by atoms with van der Waals surface area (Å²) >= 11 is 0. The number of H-pyrrole nitrogens is 1. The largest absolute Gasteiger partial charge is 0.726 e. The molecule has 0 bridgehead atoms. The standard InChI is InChI=1S/C14H12N2.CH4O4S/c1-2-10-6-5-9-13-14(10)16-12-8-4-3-7-11(12)15-13;1-5-6(2,3)4/h3-9H,2H2,1H3;1H3,(H,2,3,4). The molecule has 1 N–H and O–H groups in total. The van der Waals surface area contributed by atoms with Gasteiger partial charge in [0.1, 0.15) is 11.0 Å². The van der Waals surface area contributed by atoms with E-state index in [2.05, 4.69) is 45.3 Å². The van der Waals surface area contributed by atoms with Crippen molar-refractivity contribution in [1.29, 1.82) is 0 Å². The lowest BCUT2D eigenvalue weighted by molar-refractivity contribution is -0.311. The fourth-order valence-electron chi connectivity index (χ4n) is 2.06. The van der Waals surface area contributed by atoms with Crippen LogP contribution < -0.4 is 4.98 Å². The Bertz CT molecular complexity index is 894. The second kappa shape index (κ2) is 6.78. The van der Waals surface area contributed by atoms with Crippen LogP contribution in [0.1, 0.15) is 12.5 Å². The van der Waals surface area contributed by atoms with E-state index in [-0.39, 0.29) is 0 Å². The summed E-state index contributed by atoms with van der Waals surface area (Å²) in [6.07, 6.45) is 1.02. The second-order valence-electron chi connectivity index (χ2n) is 4.49. The van der Waals surface area contributed by atoms with Crippen LogP contribution in [0, 0.1) is 0 Å². The van der Waals surface area contributed by atoms with E-state index in [0.717, 1.165) is 35.6 Å². The van der Waals surface area contributed by atoms with Crippen LogP contribution in [0.2, 0.25) is 0 Å². The number of para-hydroxylation sites is 3. The molecule has 0 saturated carbocycles. The Balaban J connectivity index is 0.000000254. The monoisotopic (exact) mass is 320 g/mol. The first-order valence-corrected chi connectivity index (χ1v) is 7.99. The first kappa shape index (κ1) is 16.3. The predicted octanol–water partition coefficient (Wildman–Crippen LogP) is 1.86. The lowest BCUT2D eigenvalue weighted by atomic mass is 10.1. The molecule has 0 atom stereocenters. The van der Waals surface area contributed by atoms with E-state index in [4.69, 9.17) is 0 Å². The van der Waals surface area contributed by atoms with Crippen molar-refractivity contribution < 1.29 is 22.1 Å². The van der Waals surface area contributed by atoms with E-state index in [1.54, 1.807) is 0 Å². The van der Waals surface area contributed by atoms with E-state index in [9.17, 15) is 13.0 Å². The average Bonchev–Trinajstić information content (AvgIpc) is 2.52. The van der Waals surface area contributed by atoms with Crippen molar-refractivity contribution >= 4 is 32.5 Å². The Hall–Kier alpha value is -2.09. The third-order valence-electron chi connectivity index (χ3n) is 3.12. The minimum Gasteiger partial charge on any atom is -0.726 e. The molecule has 3 aromatic rings. The number of hydrogen-bond acceptors (Lipinski definition) is 5. The Kier molecular flexibility index (Phi) is 5.02. The molecule has 0 spiro atoms. The van der Waals surface area contributed by atoms with E-state index >= 15 is 0 Å². The van der Waals surface area contributed by atoms with Crippen molar-refractivity contribution in [2.45, 2.75) is 13.3 Å². The highest BCUT2D eigenvalue weighted by Gasteiger charge is 2.09. The Morgan fingerprint density at radius 1 is 1.14 bits per heavy atom. The van der Waals surface area contributed by atoms with Gasteiger partial charge in [-0.05, 0) is 18.6 Å². The molecule has 0 amide bonds. The van der Waals surface area contributed by atoms with Gasteiger partial charge >= 0.3 is 0 Å². The third-order valence-corrected chi connectivity index (χ3v) is 3.53. The Morgan fingerprint density at radius 3 is 2.41 bits per heavy atom. The lowest BCUT2D eigenvalue weighted by Gasteiger charge is -1.99. The van der Waals surface area contributed by atoms with Gasteiger partial charge in [0.25, 0.3) is 0 Å². The number of hydrogen-bond donors (Lipinski definition) is 0. The van der Waals surface area contributed by atoms with Gasteiger partial charge in [0.15, 0.2) is 0 Å². The van der Waals surface area contributed by atoms with Crippen LogP contribution in [0.3, 0.4) is 0 Å². The van der Waals surface area contributed by atoms with Gasteiger partial charge in [0.05, 0.1) is 7.11 Å². The molecule has 0 aliphatic heterocycles. The molecule has 1 aromatic heterocycles. The molecule has 0 aliphatic rings. The molecule has 7 heteroatoms. The smallest absolute Gasteiger partial charge is 0.233 e. The average molecular weight is 320 g/mol. The summed E-state index contributed by atoms with van der Waals surface area (Å²) in [7, 11) is -3.60. The molecule has 22 heavy (non-hydrogen) atoms. The van der Waals surface area contributed by atoms with Crippen LogP contribution in [-0.2, 0) is 21.0 Å². The number of nitrogens with zero attached hydrogens (tertiary/aromatic N) is 1. The molecule has 0 saturated heterocycles. The zero-order valence-corrected chi connectivity index (χ0v) is 13.1. The van der Waals surface area contributed by atoms with Crippen LogP contribution in [0.4, 0.5) is 0 Å². The van der Waals surface area contributed by atoms with Crippen molar-refractivity contribution in [2.24, 2.45) is 0 Å². The quantitative estimate of drug-likeness (QED) is 0.408. The lowest BCUT2D eigenvalue weighted by Crippen LogP contribution is -2.09. The van der Waals surface area contributed by atoms with Crippen molar-refractivity contribution in [2.75, 3.05) is 7.11 Å². The number of aryl methyl sites for hydroxylation is 1. The van der Waals surface area contributed by atoms with Gasteiger partial charge in [-0.1, -0.05) is 31.2 Å². The van der Waals surface area contributed by atoms with Crippen LogP contribution in [-0.4, -0.2) is 25.1 Å². The second-order valence-corrected chi connectivity index (χ2v) is 5.64. The molecule has 6 nitrogen and oxygen atoms in total. The number of aromatic amines is 1. The Morgan fingerprint density at radius 2 is 1.77 bits per heavy atom. The summed E-state index contributed by atoms with van der Waals surface area (Å²) in [5.74, 6) is 0. The number of benzene rings is 2. The fourth-order valence-corrected chi connectivity index (χ4v) is 2.06. The molecular formula is C15H16N2O4S. The van der Waals surface area contributed by atoms with Gasteiger partial charge in [-0.15, -0.1) is 0 Å². The van der Waals surface area contributed by atoms with E-state index in [0.29, 0.717) is 0 Å². The zero-order chi connectivity index (χ0) is 16.2. The van der Waals surface area contributed by atoms with Crippen LogP contribution >= 0.6 is 0 Å².